The summed E-state index contributed by atoms with van der Waals surface area (Å²) >= 11 is 0. The second kappa shape index (κ2) is 5.82. The Hall–Kier alpha value is -1.23. The minimum Gasteiger partial charge on any atom is -0.406 e. The summed E-state index contributed by atoms with van der Waals surface area (Å²) in [6.07, 6.45) is -0.271. The van der Waals surface area contributed by atoms with Crippen LogP contribution in [0.5, 0.6) is 5.75 Å². The first-order valence-corrected chi connectivity index (χ1v) is 6.53. The number of rotatable bonds is 3. The molecule has 1 fully saturated rings. The molecule has 1 N–H and O–H groups in total. The van der Waals surface area contributed by atoms with E-state index in [0.29, 0.717) is 12.1 Å². The number of alkyl halides is 3. The standard InChI is InChI=1S/C14H18F3NO/c1-10-3-2-4-12(18-10)9-11-5-7-13(8-6-11)19-14(15,16)17/h5-8,10,12,18H,2-4,9H2,1H3. The maximum absolute atomic E-state index is 12.0. The predicted octanol–water partition coefficient (Wildman–Crippen LogP) is 3.66. The zero-order chi connectivity index (χ0) is 13.9. The summed E-state index contributed by atoms with van der Waals surface area (Å²) in [6, 6.07) is 7.07. The van der Waals surface area contributed by atoms with E-state index in [2.05, 4.69) is 17.0 Å². The number of benzene rings is 1. The average molecular weight is 273 g/mol. The summed E-state index contributed by atoms with van der Waals surface area (Å²) in [6.45, 7) is 2.16. The number of piperidine rings is 1. The summed E-state index contributed by atoms with van der Waals surface area (Å²) < 4.78 is 39.9. The molecular weight excluding hydrogens is 255 g/mol. The monoisotopic (exact) mass is 273 g/mol. The van der Waals surface area contributed by atoms with Gasteiger partial charge in [0.15, 0.2) is 0 Å². The summed E-state index contributed by atoms with van der Waals surface area (Å²) in [5, 5.41) is 3.51. The molecule has 0 bridgehead atoms. The fraction of sp³-hybridized carbons (Fsp3) is 0.571. The Morgan fingerprint density at radius 3 is 2.47 bits per heavy atom. The first-order valence-electron chi connectivity index (χ1n) is 6.53. The molecule has 0 radical (unpaired) electrons. The molecule has 1 saturated heterocycles. The summed E-state index contributed by atoms with van der Waals surface area (Å²) in [7, 11) is 0. The van der Waals surface area contributed by atoms with E-state index in [1.165, 1.54) is 25.0 Å². The van der Waals surface area contributed by atoms with Gasteiger partial charge in [0.1, 0.15) is 5.75 Å². The van der Waals surface area contributed by atoms with Crippen LogP contribution in [0.4, 0.5) is 13.2 Å². The Morgan fingerprint density at radius 2 is 1.89 bits per heavy atom. The van der Waals surface area contributed by atoms with Gasteiger partial charge in [0.2, 0.25) is 0 Å². The molecule has 1 heterocycles. The van der Waals surface area contributed by atoms with Crippen molar-refractivity contribution in [3.63, 3.8) is 0 Å². The summed E-state index contributed by atoms with van der Waals surface area (Å²) in [5.41, 5.74) is 1.03. The van der Waals surface area contributed by atoms with Crippen molar-refractivity contribution in [3.8, 4) is 5.75 Å². The predicted molar refractivity (Wildman–Crippen MR) is 67.1 cm³/mol. The lowest BCUT2D eigenvalue weighted by atomic mass is 9.94. The lowest BCUT2D eigenvalue weighted by Crippen LogP contribution is -2.41. The lowest BCUT2D eigenvalue weighted by Gasteiger charge is -2.28. The van der Waals surface area contributed by atoms with Crippen molar-refractivity contribution >= 4 is 0 Å². The molecule has 2 rings (SSSR count). The van der Waals surface area contributed by atoms with Crippen LogP contribution in [0.25, 0.3) is 0 Å². The fourth-order valence-corrected chi connectivity index (χ4v) is 2.51. The highest BCUT2D eigenvalue weighted by Crippen LogP contribution is 2.23. The second-order valence-corrected chi connectivity index (χ2v) is 5.09. The van der Waals surface area contributed by atoms with Crippen LogP contribution in [0.2, 0.25) is 0 Å². The minimum absolute atomic E-state index is 0.166. The Bertz CT molecular complexity index is 402. The van der Waals surface area contributed by atoms with Crippen LogP contribution >= 0.6 is 0 Å². The number of ether oxygens (including phenoxy) is 1. The van der Waals surface area contributed by atoms with Crippen molar-refractivity contribution in [2.45, 2.75) is 51.1 Å². The molecule has 0 aromatic heterocycles. The highest BCUT2D eigenvalue weighted by molar-refractivity contribution is 5.28. The van der Waals surface area contributed by atoms with Crippen LogP contribution in [-0.2, 0) is 6.42 Å². The van der Waals surface area contributed by atoms with Crippen molar-refractivity contribution < 1.29 is 17.9 Å². The molecule has 0 spiro atoms. The van der Waals surface area contributed by atoms with Crippen molar-refractivity contribution in [1.82, 2.24) is 5.32 Å². The molecule has 0 amide bonds. The van der Waals surface area contributed by atoms with Gasteiger partial charge in [-0.3, -0.25) is 0 Å². The number of hydrogen-bond acceptors (Lipinski definition) is 2. The molecule has 5 heteroatoms. The van der Waals surface area contributed by atoms with Crippen LogP contribution in [0.1, 0.15) is 31.7 Å². The van der Waals surface area contributed by atoms with Gasteiger partial charge >= 0.3 is 6.36 Å². The molecule has 2 unspecified atom stereocenters. The summed E-state index contributed by atoms with van der Waals surface area (Å²) in [5.74, 6) is -0.166. The number of hydrogen-bond donors (Lipinski definition) is 1. The Morgan fingerprint density at radius 1 is 1.21 bits per heavy atom. The molecule has 2 nitrogen and oxygen atoms in total. The molecule has 1 aromatic rings. The van der Waals surface area contributed by atoms with Crippen LogP contribution < -0.4 is 10.1 Å². The van der Waals surface area contributed by atoms with Gasteiger partial charge in [-0.2, -0.15) is 0 Å². The first-order chi connectivity index (χ1) is 8.92. The van der Waals surface area contributed by atoms with Crippen LogP contribution in [0, 0.1) is 0 Å². The Balaban J connectivity index is 1.91. The third kappa shape index (κ3) is 4.74. The lowest BCUT2D eigenvalue weighted by molar-refractivity contribution is -0.274. The van der Waals surface area contributed by atoms with E-state index in [0.717, 1.165) is 18.4 Å². The van der Waals surface area contributed by atoms with E-state index >= 15 is 0 Å². The second-order valence-electron chi connectivity index (χ2n) is 5.09. The molecule has 0 saturated carbocycles. The van der Waals surface area contributed by atoms with Crippen molar-refractivity contribution in [2.24, 2.45) is 0 Å². The quantitative estimate of drug-likeness (QED) is 0.907. The Labute approximate surface area is 111 Å². The normalized spacial score (nSPS) is 24.2. The van der Waals surface area contributed by atoms with Gasteiger partial charge in [0.05, 0.1) is 0 Å². The van der Waals surface area contributed by atoms with E-state index in [1.807, 2.05) is 0 Å². The van der Waals surface area contributed by atoms with Gasteiger partial charge in [-0.25, -0.2) is 0 Å². The van der Waals surface area contributed by atoms with Crippen molar-refractivity contribution in [3.05, 3.63) is 29.8 Å². The van der Waals surface area contributed by atoms with Gasteiger partial charge in [-0.1, -0.05) is 18.6 Å². The third-order valence-electron chi connectivity index (χ3n) is 3.35. The largest absolute Gasteiger partial charge is 0.573 e. The molecule has 0 aliphatic carbocycles. The number of nitrogens with one attached hydrogen (secondary N) is 1. The maximum Gasteiger partial charge on any atom is 0.573 e. The van der Waals surface area contributed by atoms with Crippen LogP contribution in [0.15, 0.2) is 24.3 Å². The topological polar surface area (TPSA) is 21.3 Å². The van der Waals surface area contributed by atoms with Gasteiger partial charge in [-0.05, 0) is 43.9 Å². The molecule has 1 aliphatic rings. The van der Waals surface area contributed by atoms with Gasteiger partial charge in [-0.15, -0.1) is 13.2 Å². The molecule has 1 aromatic carbocycles. The zero-order valence-electron chi connectivity index (χ0n) is 10.8. The average Bonchev–Trinajstić information content (AvgIpc) is 2.30. The van der Waals surface area contributed by atoms with Crippen molar-refractivity contribution in [2.75, 3.05) is 0 Å². The van der Waals surface area contributed by atoms with E-state index in [-0.39, 0.29) is 5.75 Å². The van der Waals surface area contributed by atoms with Crippen LogP contribution in [0.3, 0.4) is 0 Å². The van der Waals surface area contributed by atoms with Gasteiger partial charge < -0.3 is 10.1 Å². The number of halogens is 3. The van der Waals surface area contributed by atoms with Crippen molar-refractivity contribution in [1.29, 1.82) is 0 Å². The van der Waals surface area contributed by atoms with E-state index in [4.69, 9.17) is 0 Å². The van der Waals surface area contributed by atoms with Gasteiger partial charge in [0.25, 0.3) is 0 Å². The van der Waals surface area contributed by atoms with E-state index < -0.39 is 6.36 Å². The van der Waals surface area contributed by atoms with Crippen LogP contribution in [-0.4, -0.2) is 18.4 Å². The highest BCUT2D eigenvalue weighted by atomic mass is 19.4. The third-order valence-corrected chi connectivity index (χ3v) is 3.35. The first kappa shape index (κ1) is 14.2. The molecule has 19 heavy (non-hydrogen) atoms. The minimum atomic E-state index is -4.62. The SMILES string of the molecule is CC1CCCC(Cc2ccc(OC(F)(F)F)cc2)N1. The molecule has 106 valence electrons. The molecule has 2 atom stereocenters. The fourth-order valence-electron chi connectivity index (χ4n) is 2.51. The summed E-state index contributed by atoms with van der Waals surface area (Å²) in [4.78, 5) is 0. The zero-order valence-corrected chi connectivity index (χ0v) is 10.8. The molecular formula is C14H18F3NO. The molecule has 1 aliphatic heterocycles. The Kier molecular flexibility index (Phi) is 4.34. The van der Waals surface area contributed by atoms with E-state index in [1.54, 1.807) is 12.1 Å². The van der Waals surface area contributed by atoms with E-state index in [9.17, 15) is 13.2 Å². The smallest absolute Gasteiger partial charge is 0.406 e. The van der Waals surface area contributed by atoms with Gasteiger partial charge in [0, 0.05) is 12.1 Å². The highest BCUT2D eigenvalue weighted by Gasteiger charge is 2.31. The maximum atomic E-state index is 12.0.